The first kappa shape index (κ1) is 19.5. The van der Waals surface area contributed by atoms with Crippen molar-refractivity contribution in [2.75, 3.05) is 13.1 Å². The highest BCUT2D eigenvalue weighted by molar-refractivity contribution is 7.89. The molecular weight excluding hydrogens is 369 g/mol. The number of rotatable bonds is 5. The Balaban J connectivity index is 1.65. The van der Waals surface area contributed by atoms with Gasteiger partial charge in [-0.2, -0.15) is 4.31 Å². The zero-order valence-corrected chi connectivity index (χ0v) is 15.9. The van der Waals surface area contributed by atoms with Crippen LogP contribution in [0.1, 0.15) is 24.0 Å². The van der Waals surface area contributed by atoms with Crippen LogP contribution in [0.3, 0.4) is 0 Å². The average Bonchev–Trinajstić information content (AvgIpc) is 2.67. The van der Waals surface area contributed by atoms with Gasteiger partial charge in [-0.3, -0.25) is 4.79 Å². The summed E-state index contributed by atoms with van der Waals surface area (Å²) in [5.41, 5.74) is 1.96. The molecule has 2 aromatic rings. The molecule has 27 heavy (non-hydrogen) atoms. The molecule has 0 spiro atoms. The van der Waals surface area contributed by atoms with Crippen molar-refractivity contribution < 1.29 is 22.3 Å². The summed E-state index contributed by atoms with van der Waals surface area (Å²) in [6.45, 7) is 2.53. The van der Waals surface area contributed by atoms with Crippen molar-refractivity contribution in [3.05, 3.63) is 65.5 Å². The maximum atomic E-state index is 13.1. The molecule has 0 aromatic heterocycles. The topological polar surface area (TPSA) is 63.7 Å². The molecule has 1 atom stereocenters. The minimum Gasteiger partial charge on any atom is -0.461 e. The number of ether oxygens (including phenoxy) is 1. The zero-order valence-electron chi connectivity index (χ0n) is 15.1. The molecule has 0 bridgehead atoms. The molecule has 3 rings (SSSR count). The molecule has 2 aromatic carbocycles. The van der Waals surface area contributed by atoms with Gasteiger partial charge in [0.2, 0.25) is 10.0 Å². The lowest BCUT2D eigenvalue weighted by molar-refractivity contribution is -0.151. The molecule has 1 fully saturated rings. The van der Waals surface area contributed by atoms with Gasteiger partial charge >= 0.3 is 5.97 Å². The second kappa shape index (κ2) is 8.19. The van der Waals surface area contributed by atoms with E-state index < -0.39 is 27.7 Å². The molecule has 0 saturated carbocycles. The number of piperidine rings is 1. The smallest absolute Gasteiger partial charge is 0.310 e. The van der Waals surface area contributed by atoms with Gasteiger partial charge in [0.25, 0.3) is 0 Å². The van der Waals surface area contributed by atoms with Crippen LogP contribution in [0.15, 0.2) is 53.4 Å². The monoisotopic (exact) mass is 391 g/mol. The van der Waals surface area contributed by atoms with Crippen LogP contribution in [-0.4, -0.2) is 31.8 Å². The zero-order chi connectivity index (χ0) is 19.4. The Hall–Kier alpha value is -2.25. The van der Waals surface area contributed by atoms with Crippen LogP contribution in [0.4, 0.5) is 4.39 Å². The summed E-state index contributed by atoms with van der Waals surface area (Å²) in [4.78, 5) is 12.5. The Morgan fingerprint density at radius 3 is 2.59 bits per heavy atom. The number of aryl methyl sites for hydroxylation is 1. The third-order valence-corrected chi connectivity index (χ3v) is 6.68. The number of carbonyl (C=O) groups is 1. The van der Waals surface area contributed by atoms with Crippen LogP contribution in [0.25, 0.3) is 0 Å². The third-order valence-electron chi connectivity index (χ3n) is 4.80. The van der Waals surface area contributed by atoms with E-state index in [0.29, 0.717) is 19.4 Å². The van der Waals surface area contributed by atoms with Crippen molar-refractivity contribution in [2.45, 2.75) is 31.3 Å². The van der Waals surface area contributed by atoms with Gasteiger partial charge in [-0.1, -0.05) is 24.3 Å². The highest BCUT2D eigenvalue weighted by atomic mass is 32.2. The molecule has 0 aliphatic carbocycles. The van der Waals surface area contributed by atoms with Crippen molar-refractivity contribution in [1.29, 1.82) is 0 Å². The van der Waals surface area contributed by atoms with Gasteiger partial charge in [0, 0.05) is 13.1 Å². The standard InChI is InChI=1S/C20H22FNO4S/c1-15-5-2-3-6-17(15)14-26-20(23)16-7-4-12-22(13-16)27(24,25)19-10-8-18(21)9-11-19/h2-3,5-6,8-11,16H,4,7,12-14H2,1H3. The SMILES string of the molecule is Cc1ccccc1COC(=O)C1CCCN(S(=O)(=O)c2ccc(F)cc2)C1. The maximum absolute atomic E-state index is 13.1. The van der Waals surface area contributed by atoms with Crippen LogP contribution >= 0.6 is 0 Å². The number of esters is 1. The number of hydrogen-bond acceptors (Lipinski definition) is 4. The predicted molar refractivity (Wildman–Crippen MR) is 98.9 cm³/mol. The summed E-state index contributed by atoms with van der Waals surface area (Å²) in [6.07, 6.45) is 1.16. The first-order valence-electron chi connectivity index (χ1n) is 8.85. The lowest BCUT2D eigenvalue weighted by Crippen LogP contribution is -2.42. The maximum Gasteiger partial charge on any atom is 0.310 e. The largest absolute Gasteiger partial charge is 0.461 e. The van der Waals surface area contributed by atoms with E-state index in [4.69, 9.17) is 4.74 Å². The average molecular weight is 391 g/mol. The van der Waals surface area contributed by atoms with E-state index in [1.54, 1.807) is 0 Å². The minimum absolute atomic E-state index is 0.0258. The molecule has 7 heteroatoms. The van der Waals surface area contributed by atoms with Gasteiger partial charge in [-0.25, -0.2) is 12.8 Å². The fourth-order valence-electron chi connectivity index (χ4n) is 3.15. The molecule has 144 valence electrons. The van der Waals surface area contributed by atoms with E-state index in [-0.39, 0.29) is 18.0 Å². The Bertz CT molecular complexity index is 912. The van der Waals surface area contributed by atoms with E-state index in [0.717, 1.165) is 23.3 Å². The molecule has 0 radical (unpaired) electrons. The number of carbonyl (C=O) groups excluding carboxylic acids is 1. The minimum atomic E-state index is -3.76. The highest BCUT2D eigenvalue weighted by Crippen LogP contribution is 2.25. The van der Waals surface area contributed by atoms with Crippen molar-refractivity contribution in [3.63, 3.8) is 0 Å². The number of hydrogen-bond donors (Lipinski definition) is 0. The quantitative estimate of drug-likeness (QED) is 0.734. The van der Waals surface area contributed by atoms with Gasteiger partial charge < -0.3 is 4.74 Å². The summed E-state index contributed by atoms with van der Waals surface area (Å²) >= 11 is 0. The number of sulfonamides is 1. The first-order valence-corrected chi connectivity index (χ1v) is 10.3. The van der Waals surface area contributed by atoms with E-state index >= 15 is 0 Å². The molecule has 1 aliphatic rings. The second-order valence-electron chi connectivity index (χ2n) is 6.69. The Morgan fingerprint density at radius 2 is 1.89 bits per heavy atom. The molecular formula is C20H22FNO4S. The molecule has 1 aliphatic heterocycles. The van der Waals surface area contributed by atoms with Crippen LogP contribution < -0.4 is 0 Å². The first-order chi connectivity index (χ1) is 12.9. The van der Waals surface area contributed by atoms with E-state index in [1.165, 1.54) is 16.4 Å². The van der Waals surface area contributed by atoms with E-state index in [9.17, 15) is 17.6 Å². The van der Waals surface area contributed by atoms with Crippen molar-refractivity contribution in [3.8, 4) is 0 Å². The van der Waals surface area contributed by atoms with Crippen LogP contribution in [0.2, 0.25) is 0 Å². The van der Waals surface area contributed by atoms with E-state index in [2.05, 4.69) is 0 Å². The van der Waals surface area contributed by atoms with Crippen LogP contribution in [0, 0.1) is 18.7 Å². The Morgan fingerprint density at radius 1 is 1.19 bits per heavy atom. The summed E-state index contributed by atoms with van der Waals surface area (Å²) in [5, 5.41) is 0. The van der Waals surface area contributed by atoms with Crippen molar-refractivity contribution >= 4 is 16.0 Å². The summed E-state index contributed by atoms with van der Waals surface area (Å²) in [7, 11) is -3.76. The number of benzene rings is 2. The normalized spacial score (nSPS) is 18.2. The molecule has 1 saturated heterocycles. The summed E-state index contributed by atoms with van der Waals surface area (Å²) < 4.78 is 45.3. The van der Waals surface area contributed by atoms with Crippen molar-refractivity contribution in [1.82, 2.24) is 4.31 Å². The summed E-state index contributed by atoms with van der Waals surface area (Å²) in [5.74, 6) is -1.39. The fourth-order valence-corrected chi connectivity index (χ4v) is 4.67. The van der Waals surface area contributed by atoms with Crippen LogP contribution in [-0.2, 0) is 26.2 Å². The highest BCUT2D eigenvalue weighted by Gasteiger charge is 2.34. The number of nitrogens with zero attached hydrogens (tertiary/aromatic N) is 1. The van der Waals surface area contributed by atoms with Crippen molar-refractivity contribution in [2.24, 2.45) is 5.92 Å². The molecule has 1 unspecified atom stereocenters. The Labute approximate surface area is 158 Å². The predicted octanol–water partition coefficient (Wildman–Crippen LogP) is 3.28. The van der Waals surface area contributed by atoms with Crippen LogP contribution in [0.5, 0.6) is 0 Å². The Kier molecular flexibility index (Phi) is 5.92. The van der Waals surface area contributed by atoms with Gasteiger partial charge in [-0.05, 0) is 55.2 Å². The number of halogens is 1. The molecule has 0 amide bonds. The molecule has 1 heterocycles. The van der Waals surface area contributed by atoms with E-state index in [1.807, 2.05) is 31.2 Å². The fraction of sp³-hybridized carbons (Fsp3) is 0.350. The van der Waals surface area contributed by atoms with Gasteiger partial charge in [-0.15, -0.1) is 0 Å². The lowest BCUT2D eigenvalue weighted by Gasteiger charge is -2.30. The third kappa shape index (κ3) is 4.54. The summed E-state index contributed by atoms with van der Waals surface area (Å²) in [6, 6.07) is 12.4. The second-order valence-corrected chi connectivity index (χ2v) is 8.63. The lowest BCUT2D eigenvalue weighted by atomic mass is 10.00. The molecule has 5 nitrogen and oxygen atoms in total. The van der Waals surface area contributed by atoms with Gasteiger partial charge in [0.05, 0.1) is 10.8 Å². The molecule has 0 N–H and O–H groups in total. The van der Waals surface area contributed by atoms with Gasteiger partial charge in [0.1, 0.15) is 12.4 Å². The van der Waals surface area contributed by atoms with Gasteiger partial charge in [0.15, 0.2) is 0 Å².